The molecule has 0 spiro atoms. The van der Waals surface area contributed by atoms with E-state index in [9.17, 15) is 14.1 Å². The minimum absolute atomic E-state index is 0.0750. The Bertz CT molecular complexity index is 1240. The molecule has 0 aromatic heterocycles. The van der Waals surface area contributed by atoms with Gasteiger partial charge >= 0.3 is 0 Å². The number of halogens is 1. The van der Waals surface area contributed by atoms with Gasteiger partial charge in [0.2, 0.25) is 0 Å². The summed E-state index contributed by atoms with van der Waals surface area (Å²) in [5.41, 5.74) is 3.96. The van der Waals surface area contributed by atoms with Gasteiger partial charge in [0.05, 0.1) is 17.5 Å². The molecule has 2 bridgehead atoms. The normalized spacial score (nSPS) is 29.0. The van der Waals surface area contributed by atoms with Gasteiger partial charge in [-0.1, -0.05) is 50.8 Å². The van der Waals surface area contributed by atoms with E-state index in [4.69, 9.17) is 16.3 Å². The second-order valence-electron chi connectivity index (χ2n) is 12.2. The second kappa shape index (κ2) is 13.9. The zero-order valence-corrected chi connectivity index (χ0v) is 26.0. The largest absolute Gasteiger partial charge is 0.491 e. The predicted octanol–water partition coefficient (Wildman–Crippen LogP) is 6.66. The first-order valence-electron chi connectivity index (χ1n) is 15.5. The van der Waals surface area contributed by atoms with E-state index in [1.165, 1.54) is 11.1 Å². The number of aliphatic hydroxyl groups is 1. The van der Waals surface area contributed by atoms with E-state index in [1.807, 2.05) is 25.1 Å². The summed E-state index contributed by atoms with van der Waals surface area (Å²) in [5.74, 6) is 1.90. The molecule has 8 heteroatoms. The molecule has 1 fully saturated rings. The highest BCUT2D eigenvalue weighted by atomic mass is 35.5. The molecular formula is C33H45ClN2O4S. The van der Waals surface area contributed by atoms with Crippen molar-refractivity contribution in [2.75, 3.05) is 31.2 Å². The maximum atomic E-state index is 13.3. The van der Waals surface area contributed by atoms with Crippen LogP contribution < -0.4 is 14.4 Å². The van der Waals surface area contributed by atoms with Crippen LogP contribution in [0.3, 0.4) is 0 Å². The maximum absolute atomic E-state index is 13.3. The number of ether oxygens (including phenoxy) is 1. The maximum Gasteiger partial charge on any atom is 0.263 e. The van der Waals surface area contributed by atoms with Crippen molar-refractivity contribution in [1.29, 1.82) is 0 Å². The Labute approximate surface area is 252 Å². The number of nitrogens with zero attached hydrogens (tertiary/aromatic N) is 1. The monoisotopic (exact) mass is 600 g/mol. The average molecular weight is 601 g/mol. The molecule has 1 saturated carbocycles. The van der Waals surface area contributed by atoms with Crippen molar-refractivity contribution in [2.45, 2.75) is 82.8 Å². The lowest BCUT2D eigenvalue weighted by Crippen LogP contribution is -2.43. The summed E-state index contributed by atoms with van der Waals surface area (Å²) in [5, 5.41) is 11.0. The van der Waals surface area contributed by atoms with E-state index >= 15 is 0 Å². The van der Waals surface area contributed by atoms with Crippen LogP contribution in [-0.2, 0) is 17.4 Å². The van der Waals surface area contributed by atoms with Gasteiger partial charge in [-0.2, -0.15) is 0 Å². The molecule has 6 nitrogen and oxygen atoms in total. The molecule has 0 saturated heterocycles. The minimum Gasteiger partial charge on any atom is -0.491 e. The second-order valence-corrected chi connectivity index (χ2v) is 14.1. The topological polar surface area (TPSA) is 78.9 Å². The van der Waals surface area contributed by atoms with Gasteiger partial charge in [0, 0.05) is 36.2 Å². The first-order chi connectivity index (χ1) is 19.9. The highest BCUT2D eigenvalue weighted by molar-refractivity contribution is 7.84. The van der Waals surface area contributed by atoms with Crippen LogP contribution in [-0.4, -0.2) is 46.8 Å². The fourth-order valence-electron chi connectivity index (χ4n) is 7.10. The number of carbonyl (C=O) groups excluding carboxylic acids is 1. The van der Waals surface area contributed by atoms with Crippen molar-refractivity contribution in [1.82, 2.24) is 4.72 Å². The Morgan fingerprint density at radius 1 is 1.07 bits per heavy atom. The van der Waals surface area contributed by atoms with Gasteiger partial charge in [-0.3, -0.25) is 9.52 Å². The minimum atomic E-state index is -1.45. The van der Waals surface area contributed by atoms with Crippen molar-refractivity contribution in [2.24, 2.45) is 17.8 Å². The molecule has 2 aliphatic heterocycles. The van der Waals surface area contributed by atoms with Crippen molar-refractivity contribution in [3.05, 3.63) is 58.1 Å². The number of amides is 1. The fraction of sp³-hybridized carbons (Fsp3) is 0.606. The van der Waals surface area contributed by atoms with Gasteiger partial charge in [0.25, 0.3) is 5.91 Å². The van der Waals surface area contributed by atoms with Crippen LogP contribution in [0.2, 0.25) is 5.02 Å². The van der Waals surface area contributed by atoms with Gasteiger partial charge < -0.3 is 14.7 Å². The van der Waals surface area contributed by atoms with Gasteiger partial charge in [-0.05, 0) is 97.7 Å². The summed E-state index contributed by atoms with van der Waals surface area (Å²) in [7, 11) is -1.45. The molecule has 3 aliphatic rings. The fourth-order valence-corrected chi connectivity index (χ4v) is 8.44. The third-order valence-electron chi connectivity index (χ3n) is 9.58. The lowest BCUT2D eigenvalue weighted by atomic mass is 9.65. The number of anilines is 1. The van der Waals surface area contributed by atoms with Crippen LogP contribution in [0.15, 0.2) is 36.4 Å². The molecule has 6 atom stereocenters. The molecule has 2 N–H and O–H groups in total. The molecular weight excluding hydrogens is 556 g/mol. The Kier molecular flexibility index (Phi) is 10.3. The first-order valence-corrected chi connectivity index (χ1v) is 17.1. The van der Waals surface area contributed by atoms with E-state index in [-0.39, 0.29) is 23.7 Å². The standard InChI is InChI=1S/C33H45ClN2O4S/c1-3-7-22-16-27(34)12-14-29(22)26-19-36-18-24-10-13-30(24)25(20-37)8-5-6-9-28(4-2)41(39)35-33(38)23-11-15-32(40-21-26)31(36)17-23/h11-12,14-17,24-26,28,30,37H,3-10,13,18-21H2,1-2H3,(H,35,38). The summed E-state index contributed by atoms with van der Waals surface area (Å²) >= 11 is 6.40. The number of benzene rings is 2. The molecule has 2 heterocycles. The SMILES string of the molecule is CCCc1cc(Cl)ccc1C1COc2ccc3cc2N(C1)CC1CCC1C(CO)CCCCC(CC)S(=O)NC3=O. The molecule has 2 aromatic carbocycles. The van der Waals surface area contributed by atoms with Crippen LogP contribution in [0.4, 0.5) is 5.69 Å². The lowest BCUT2D eigenvalue weighted by Gasteiger charge is -2.44. The summed E-state index contributed by atoms with van der Waals surface area (Å²) in [6.07, 6.45) is 8.82. The highest BCUT2D eigenvalue weighted by Gasteiger charge is 2.39. The van der Waals surface area contributed by atoms with Crippen molar-refractivity contribution < 1.29 is 18.8 Å². The van der Waals surface area contributed by atoms with E-state index in [1.54, 1.807) is 6.07 Å². The number of hydrogen-bond acceptors (Lipinski definition) is 5. The van der Waals surface area contributed by atoms with Crippen molar-refractivity contribution >= 4 is 34.2 Å². The summed E-state index contributed by atoms with van der Waals surface area (Å²) < 4.78 is 22.4. The van der Waals surface area contributed by atoms with E-state index in [2.05, 4.69) is 28.7 Å². The number of fused-ring (bicyclic) bond motifs is 2. The number of hydrogen-bond donors (Lipinski definition) is 2. The van der Waals surface area contributed by atoms with Crippen LogP contribution >= 0.6 is 11.6 Å². The highest BCUT2D eigenvalue weighted by Crippen LogP contribution is 2.45. The molecule has 6 unspecified atom stereocenters. The third kappa shape index (κ3) is 6.94. The Morgan fingerprint density at radius 3 is 2.63 bits per heavy atom. The molecule has 2 aromatic rings. The van der Waals surface area contributed by atoms with Crippen LogP contribution in [0.25, 0.3) is 0 Å². The van der Waals surface area contributed by atoms with E-state index in [0.29, 0.717) is 29.9 Å². The molecule has 0 radical (unpaired) electrons. The van der Waals surface area contributed by atoms with E-state index in [0.717, 1.165) is 87.3 Å². The number of aryl methyl sites for hydroxylation is 1. The summed E-state index contributed by atoms with van der Waals surface area (Å²) in [6.45, 7) is 6.61. The molecule has 1 amide bonds. The predicted molar refractivity (Wildman–Crippen MR) is 167 cm³/mol. The summed E-state index contributed by atoms with van der Waals surface area (Å²) in [4.78, 5) is 15.7. The molecule has 41 heavy (non-hydrogen) atoms. The quantitative estimate of drug-likeness (QED) is 0.401. The van der Waals surface area contributed by atoms with Gasteiger partial charge in [0.15, 0.2) is 0 Å². The Morgan fingerprint density at radius 2 is 1.90 bits per heavy atom. The lowest BCUT2D eigenvalue weighted by molar-refractivity contribution is 0.0581. The van der Waals surface area contributed by atoms with Gasteiger partial charge in [-0.15, -0.1) is 0 Å². The Hall–Kier alpha value is -2.09. The summed E-state index contributed by atoms with van der Waals surface area (Å²) in [6, 6.07) is 11.8. The molecule has 1 aliphatic carbocycles. The van der Waals surface area contributed by atoms with Crippen LogP contribution in [0.1, 0.15) is 92.6 Å². The number of carbonyl (C=O) groups is 1. The van der Waals surface area contributed by atoms with Crippen LogP contribution in [0.5, 0.6) is 5.75 Å². The first kappa shape index (κ1) is 30.4. The third-order valence-corrected chi connectivity index (χ3v) is 11.4. The van der Waals surface area contributed by atoms with Crippen LogP contribution in [0, 0.1) is 17.8 Å². The zero-order valence-electron chi connectivity index (χ0n) is 24.4. The molecule has 5 rings (SSSR count). The van der Waals surface area contributed by atoms with E-state index < -0.39 is 11.0 Å². The smallest absolute Gasteiger partial charge is 0.263 e. The van der Waals surface area contributed by atoms with Crippen molar-refractivity contribution in [3.8, 4) is 5.75 Å². The zero-order chi connectivity index (χ0) is 28.9. The number of rotatable bonds is 5. The average Bonchev–Trinajstić information content (AvgIpc) is 3.13. The Balaban J connectivity index is 1.51. The number of aliphatic hydroxyl groups excluding tert-OH is 1. The van der Waals surface area contributed by atoms with Gasteiger partial charge in [0.1, 0.15) is 16.7 Å². The number of nitrogens with one attached hydrogen (secondary N) is 1. The van der Waals surface area contributed by atoms with Crippen molar-refractivity contribution in [3.63, 3.8) is 0 Å². The van der Waals surface area contributed by atoms with Gasteiger partial charge in [-0.25, -0.2) is 4.21 Å². The molecule has 224 valence electrons.